The second kappa shape index (κ2) is 7.91. The molecule has 1 aromatic carbocycles. The van der Waals surface area contributed by atoms with Crippen LogP contribution in [0.15, 0.2) is 42.7 Å². The van der Waals surface area contributed by atoms with Gasteiger partial charge in [-0.15, -0.1) is 0 Å². The van der Waals surface area contributed by atoms with Gasteiger partial charge in [-0.25, -0.2) is 14.5 Å². The fourth-order valence-corrected chi connectivity index (χ4v) is 2.92. The van der Waals surface area contributed by atoms with Crippen molar-refractivity contribution < 1.29 is 9.90 Å². The van der Waals surface area contributed by atoms with Crippen LogP contribution >= 0.6 is 0 Å². The summed E-state index contributed by atoms with van der Waals surface area (Å²) in [6.45, 7) is 4.73. The molecule has 0 bridgehead atoms. The zero-order valence-corrected chi connectivity index (χ0v) is 15.0. The second-order valence-corrected chi connectivity index (χ2v) is 6.26. The van der Waals surface area contributed by atoms with Crippen LogP contribution in [0.4, 0.5) is 0 Å². The predicted molar refractivity (Wildman–Crippen MR) is 99.1 cm³/mol. The van der Waals surface area contributed by atoms with Gasteiger partial charge in [-0.3, -0.25) is 4.98 Å². The fourth-order valence-electron chi connectivity index (χ4n) is 2.92. The Kier molecular flexibility index (Phi) is 5.41. The molecule has 0 aliphatic carbocycles. The van der Waals surface area contributed by atoms with Crippen molar-refractivity contribution in [2.24, 2.45) is 0 Å². The van der Waals surface area contributed by atoms with E-state index in [9.17, 15) is 9.90 Å². The van der Waals surface area contributed by atoms with E-state index in [1.54, 1.807) is 12.3 Å². The van der Waals surface area contributed by atoms with Crippen LogP contribution in [0.1, 0.15) is 47.3 Å². The number of benzene rings is 1. The van der Waals surface area contributed by atoms with Crippen molar-refractivity contribution in [3.8, 4) is 11.1 Å². The minimum atomic E-state index is -0.976. The van der Waals surface area contributed by atoms with Crippen molar-refractivity contribution in [2.75, 3.05) is 0 Å². The molecule has 6 nitrogen and oxygen atoms in total. The Morgan fingerprint density at radius 3 is 2.65 bits per heavy atom. The van der Waals surface area contributed by atoms with Gasteiger partial charge in [0.2, 0.25) is 0 Å². The molecule has 26 heavy (non-hydrogen) atoms. The molecule has 0 saturated heterocycles. The molecule has 0 unspecified atom stereocenters. The van der Waals surface area contributed by atoms with E-state index >= 15 is 0 Å². The third-order valence-corrected chi connectivity index (χ3v) is 4.26. The molecule has 0 saturated carbocycles. The number of aryl methyl sites for hydroxylation is 2. The van der Waals surface area contributed by atoms with Gasteiger partial charge in [0.1, 0.15) is 11.6 Å². The normalized spacial score (nSPS) is 10.8. The van der Waals surface area contributed by atoms with Crippen LogP contribution in [0.3, 0.4) is 0 Å². The van der Waals surface area contributed by atoms with Crippen LogP contribution in [-0.2, 0) is 13.0 Å². The Labute approximate surface area is 152 Å². The van der Waals surface area contributed by atoms with Crippen LogP contribution in [0.5, 0.6) is 0 Å². The second-order valence-electron chi connectivity index (χ2n) is 6.26. The van der Waals surface area contributed by atoms with Gasteiger partial charge in [-0.2, -0.15) is 5.10 Å². The molecule has 3 aromatic rings. The summed E-state index contributed by atoms with van der Waals surface area (Å²) < 4.78 is 1.95. The van der Waals surface area contributed by atoms with Crippen molar-refractivity contribution in [1.29, 1.82) is 0 Å². The Hall–Kier alpha value is -3.02. The zero-order valence-electron chi connectivity index (χ0n) is 15.0. The van der Waals surface area contributed by atoms with Crippen molar-refractivity contribution in [3.05, 3.63) is 65.5 Å². The topological polar surface area (TPSA) is 80.9 Å². The molecule has 0 aliphatic heterocycles. The van der Waals surface area contributed by atoms with E-state index in [2.05, 4.69) is 22.0 Å². The highest BCUT2D eigenvalue weighted by Crippen LogP contribution is 2.23. The minimum Gasteiger partial charge on any atom is -0.478 e. The largest absolute Gasteiger partial charge is 0.478 e. The van der Waals surface area contributed by atoms with Gasteiger partial charge in [-0.1, -0.05) is 37.6 Å². The summed E-state index contributed by atoms with van der Waals surface area (Å²) in [4.78, 5) is 19.8. The third kappa shape index (κ3) is 3.96. The van der Waals surface area contributed by atoms with Crippen molar-refractivity contribution in [1.82, 2.24) is 19.7 Å². The third-order valence-electron chi connectivity index (χ3n) is 4.26. The molecule has 0 fully saturated rings. The molecule has 0 spiro atoms. The summed E-state index contributed by atoms with van der Waals surface area (Å²) in [7, 11) is 0. The van der Waals surface area contributed by atoms with E-state index < -0.39 is 5.97 Å². The minimum absolute atomic E-state index is 0.203. The molecule has 0 radical (unpaired) electrons. The summed E-state index contributed by atoms with van der Waals surface area (Å²) in [5.74, 6) is 0.821. The first-order valence-electron chi connectivity index (χ1n) is 8.75. The number of unbranched alkanes of at least 4 members (excludes halogenated alkanes) is 1. The van der Waals surface area contributed by atoms with Gasteiger partial charge >= 0.3 is 5.97 Å². The molecular formula is C20H22N4O2. The summed E-state index contributed by atoms with van der Waals surface area (Å²) in [5, 5.41) is 13.8. The quantitative estimate of drug-likeness (QED) is 0.702. The average molecular weight is 350 g/mol. The number of nitrogens with zero attached hydrogens (tertiary/aromatic N) is 4. The van der Waals surface area contributed by atoms with E-state index in [0.29, 0.717) is 12.1 Å². The van der Waals surface area contributed by atoms with Gasteiger partial charge in [0.25, 0.3) is 0 Å². The molecule has 0 amide bonds. The van der Waals surface area contributed by atoms with Crippen LogP contribution in [0.2, 0.25) is 0 Å². The smallest absolute Gasteiger partial charge is 0.337 e. The van der Waals surface area contributed by atoms with Crippen LogP contribution < -0.4 is 0 Å². The number of hydrogen-bond donors (Lipinski definition) is 1. The molecule has 0 aliphatic rings. The molecule has 3 rings (SSSR count). The van der Waals surface area contributed by atoms with Gasteiger partial charge in [-0.05, 0) is 36.1 Å². The number of aromatic carboxylic acids is 1. The van der Waals surface area contributed by atoms with Crippen LogP contribution in [0, 0.1) is 6.92 Å². The van der Waals surface area contributed by atoms with Gasteiger partial charge in [0.05, 0.1) is 12.1 Å². The summed E-state index contributed by atoms with van der Waals surface area (Å²) in [5.41, 5.74) is 2.82. The number of carbonyl (C=O) groups is 1. The van der Waals surface area contributed by atoms with E-state index in [0.717, 1.165) is 42.0 Å². The Balaban J connectivity index is 1.82. The van der Waals surface area contributed by atoms with E-state index in [4.69, 9.17) is 0 Å². The molecule has 0 atom stereocenters. The molecule has 1 N–H and O–H groups in total. The maximum atomic E-state index is 11.4. The highest BCUT2D eigenvalue weighted by Gasteiger charge is 2.12. The standard InChI is InChI=1S/C20H22N4O2/c1-3-4-5-19-22-14(2)23-24(19)13-15-6-8-16(9-7-15)17-10-11-21-12-18(17)20(25)26/h6-12H,3-5,13H2,1-2H3,(H,25,26). The fraction of sp³-hybridized carbons (Fsp3) is 0.300. The first kappa shape index (κ1) is 17.8. The van der Waals surface area contributed by atoms with E-state index in [-0.39, 0.29) is 5.56 Å². The molecule has 2 aromatic heterocycles. The van der Waals surface area contributed by atoms with Crippen LogP contribution in [0.25, 0.3) is 11.1 Å². The van der Waals surface area contributed by atoms with Crippen molar-refractivity contribution in [3.63, 3.8) is 0 Å². The Morgan fingerprint density at radius 1 is 1.19 bits per heavy atom. The van der Waals surface area contributed by atoms with E-state index in [1.165, 1.54) is 6.20 Å². The first-order chi connectivity index (χ1) is 12.6. The van der Waals surface area contributed by atoms with E-state index in [1.807, 2.05) is 35.9 Å². The zero-order chi connectivity index (χ0) is 18.5. The highest BCUT2D eigenvalue weighted by molar-refractivity contribution is 5.95. The Morgan fingerprint density at radius 2 is 1.96 bits per heavy atom. The number of carboxylic acids is 1. The lowest BCUT2D eigenvalue weighted by Crippen LogP contribution is -2.07. The van der Waals surface area contributed by atoms with Gasteiger partial charge in [0.15, 0.2) is 0 Å². The monoisotopic (exact) mass is 350 g/mol. The molecule has 2 heterocycles. The van der Waals surface area contributed by atoms with Gasteiger partial charge < -0.3 is 5.11 Å². The molecular weight excluding hydrogens is 328 g/mol. The lowest BCUT2D eigenvalue weighted by Gasteiger charge is -2.09. The number of carboxylic acid groups (broad SMARTS) is 1. The maximum absolute atomic E-state index is 11.4. The predicted octanol–water partition coefficient (Wildman–Crippen LogP) is 3.74. The number of hydrogen-bond acceptors (Lipinski definition) is 4. The SMILES string of the molecule is CCCCc1nc(C)nn1Cc1ccc(-c2ccncc2C(=O)O)cc1. The van der Waals surface area contributed by atoms with Gasteiger partial charge in [0, 0.05) is 18.8 Å². The Bertz CT molecular complexity index is 900. The first-order valence-corrected chi connectivity index (χ1v) is 8.75. The molecule has 6 heteroatoms. The average Bonchev–Trinajstić information content (AvgIpc) is 2.99. The lowest BCUT2D eigenvalue weighted by atomic mass is 10.0. The summed E-state index contributed by atoms with van der Waals surface area (Å²) in [6, 6.07) is 9.60. The number of pyridine rings is 1. The summed E-state index contributed by atoms with van der Waals surface area (Å²) in [6.07, 6.45) is 6.13. The van der Waals surface area contributed by atoms with Crippen molar-refractivity contribution >= 4 is 5.97 Å². The number of aromatic nitrogens is 4. The number of rotatable bonds is 7. The summed E-state index contributed by atoms with van der Waals surface area (Å²) >= 11 is 0. The van der Waals surface area contributed by atoms with Crippen LogP contribution in [-0.4, -0.2) is 30.8 Å². The van der Waals surface area contributed by atoms with Crippen molar-refractivity contribution in [2.45, 2.75) is 39.7 Å². The maximum Gasteiger partial charge on any atom is 0.337 e. The highest BCUT2D eigenvalue weighted by atomic mass is 16.4. The lowest BCUT2D eigenvalue weighted by molar-refractivity contribution is 0.0697. The molecule has 134 valence electrons.